The van der Waals surface area contributed by atoms with Gasteiger partial charge in [-0.1, -0.05) is 133 Å². The summed E-state index contributed by atoms with van der Waals surface area (Å²) in [4.78, 5) is 57.4. The lowest BCUT2D eigenvalue weighted by Crippen LogP contribution is -2.23. The fourth-order valence-corrected chi connectivity index (χ4v) is 8.19. The number of hydrogen-bond donors (Lipinski definition) is 5. The van der Waals surface area contributed by atoms with Crippen molar-refractivity contribution in [1.29, 1.82) is 0 Å². The van der Waals surface area contributed by atoms with Crippen LogP contribution in [0.1, 0.15) is 52.6 Å². The first-order chi connectivity index (χ1) is 32.6. The second kappa shape index (κ2) is 20.2. The van der Waals surface area contributed by atoms with Gasteiger partial charge in [0, 0.05) is 65.7 Å². The van der Waals surface area contributed by atoms with Gasteiger partial charge >= 0.3 is 17.9 Å². The zero-order chi connectivity index (χ0) is 46.9. The minimum atomic E-state index is -1.09. The summed E-state index contributed by atoms with van der Waals surface area (Å²) < 4.78 is 0. The van der Waals surface area contributed by atoms with E-state index >= 15 is 0 Å². The number of aromatic carboxylic acids is 3. The zero-order valence-corrected chi connectivity index (χ0v) is 35.8. The Kier molecular flexibility index (Phi) is 13.4. The summed E-state index contributed by atoms with van der Waals surface area (Å²) >= 11 is 0. The largest absolute Gasteiger partial charge is 0.478 e. The molecule has 2 aromatic heterocycles. The first-order valence-corrected chi connectivity index (χ1v) is 21.2. The van der Waals surface area contributed by atoms with Crippen LogP contribution in [0.3, 0.4) is 0 Å². The number of nitrogens with two attached hydrogens (primary N) is 1. The molecular formula is C56H42N4O7. The van der Waals surface area contributed by atoms with Crippen molar-refractivity contribution in [2.75, 3.05) is 0 Å². The number of carbonyl (C=O) groups excluding carboxylic acids is 1. The Morgan fingerprint density at radius 1 is 0.403 bits per heavy atom. The van der Waals surface area contributed by atoms with E-state index in [1.807, 2.05) is 127 Å². The van der Waals surface area contributed by atoms with E-state index < -0.39 is 17.9 Å². The molecule has 0 fully saturated rings. The molecule has 10 aromatic rings. The Morgan fingerprint density at radius 2 is 0.731 bits per heavy atom. The van der Waals surface area contributed by atoms with Crippen LogP contribution in [-0.2, 0) is 13.1 Å². The third kappa shape index (κ3) is 9.58. The Morgan fingerprint density at radius 3 is 1.04 bits per heavy atom. The van der Waals surface area contributed by atoms with E-state index in [0.717, 1.165) is 43.4 Å². The average Bonchev–Trinajstić information content (AvgIpc) is 3.37. The molecule has 0 saturated carbocycles. The molecule has 0 saturated heterocycles. The highest BCUT2D eigenvalue weighted by Gasteiger charge is 2.24. The highest BCUT2D eigenvalue weighted by atomic mass is 16.4. The minimum absolute atomic E-state index is 0.0857. The van der Waals surface area contributed by atoms with Gasteiger partial charge in [-0.3, -0.25) is 14.8 Å². The van der Waals surface area contributed by atoms with E-state index in [1.54, 1.807) is 55.1 Å². The number of carboxylic acid groups (broad SMARTS) is 3. The summed E-state index contributed by atoms with van der Waals surface area (Å²) in [6.07, 6.45) is 6.88. The van der Waals surface area contributed by atoms with Gasteiger partial charge < -0.3 is 26.4 Å². The van der Waals surface area contributed by atoms with Crippen molar-refractivity contribution in [3.63, 3.8) is 0 Å². The van der Waals surface area contributed by atoms with E-state index in [2.05, 4.69) is 15.3 Å². The van der Waals surface area contributed by atoms with Crippen LogP contribution in [0.5, 0.6) is 0 Å². The molecule has 0 radical (unpaired) electrons. The van der Waals surface area contributed by atoms with Crippen LogP contribution in [-0.4, -0.2) is 49.1 Å². The summed E-state index contributed by atoms with van der Waals surface area (Å²) in [5.74, 6) is -3.49. The number of nitrogens with zero attached hydrogens (tertiary/aromatic N) is 2. The Hall–Kier alpha value is -9.06. The Labute approximate surface area is 384 Å². The molecule has 0 aliphatic carbocycles. The van der Waals surface area contributed by atoms with Crippen LogP contribution >= 0.6 is 0 Å². The number of benzene rings is 8. The molecular weight excluding hydrogens is 841 g/mol. The van der Waals surface area contributed by atoms with Gasteiger partial charge in [-0.25, -0.2) is 14.4 Å². The smallest absolute Gasteiger partial charge is 0.336 e. The lowest BCUT2D eigenvalue weighted by Gasteiger charge is -2.18. The van der Waals surface area contributed by atoms with Crippen LogP contribution in [0.2, 0.25) is 0 Å². The van der Waals surface area contributed by atoms with Crippen LogP contribution < -0.4 is 11.1 Å². The molecule has 0 aliphatic rings. The predicted molar refractivity (Wildman–Crippen MR) is 262 cm³/mol. The molecule has 11 nitrogen and oxygen atoms in total. The summed E-state index contributed by atoms with van der Waals surface area (Å²) in [6, 6.07) is 51.3. The minimum Gasteiger partial charge on any atom is -0.478 e. The van der Waals surface area contributed by atoms with Gasteiger partial charge in [-0.2, -0.15) is 0 Å². The molecule has 0 atom stereocenters. The van der Waals surface area contributed by atoms with Crippen molar-refractivity contribution in [1.82, 2.24) is 15.3 Å². The van der Waals surface area contributed by atoms with Gasteiger partial charge in [-0.05, 0) is 90.6 Å². The predicted octanol–water partition coefficient (Wildman–Crippen LogP) is 11.3. The maximum Gasteiger partial charge on any atom is 0.336 e. The van der Waals surface area contributed by atoms with E-state index in [1.165, 1.54) is 12.1 Å². The molecule has 328 valence electrons. The summed E-state index contributed by atoms with van der Waals surface area (Å²) in [5, 5.41) is 39.1. The highest BCUT2D eigenvalue weighted by Crippen LogP contribution is 2.41. The number of rotatable bonds is 9. The lowest BCUT2D eigenvalue weighted by atomic mass is 9.87. The van der Waals surface area contributed by atoms with Crippen molar-refractivity contribution in [2.24, 2.45) is 5.73 Å². The zero-order valence-electron chi connectivity index (χ0n) is 35.8. The molecule has 2 heterocycles. The SMILES string of the molecule is NCc1cccnc1.O=C(O)c1ccc2ccccc2c1-c1c(C(=O)NCc2cccnc2)ccc2ccccc12.O=C(O)c1ccc2ccccc2c1-c1c(C(=O)O)ccc2ccccc12. The molecule has 0 unspecified atom stereocenters. The highest BCUT2D eigenvalue weighted by molar-refractivity contribution is 6.19. The third-order valence-electron chi connectivity index (χ3n) is 11.3. The molecule has 10 rings (SSSR count). The number of carbonyl (C=O) groups is 4. The second-order valence-electron chi connectivity index (χ2n) is 15.4. The van der Waals surface area contributed by atoms with Gasteiger partial charge in [0.2, 0.25) is 0 Å². The first-order valence-electron chi connectivity index (χ1n) is 21.2. The molecule has 8 aromatic carbocycles. The Balaban J connectivity index is 0.000000159. The van der Waals surface area contributed by atoms with Crippen molar-refractivity contribution in [3.05, 3.63) is 228 Å². The number of hydrogen-bond acceptors (Lipinski definition) is 7. The average molecular weight is 883 g/mol. The molecule has 1 amide bonds. The van der Waals surface area contributed by atoms with E-state index in [9.17, 15) is 34.5 Å². The number of pyridine rings is 2. The van der Waals surface area contributed by atoms with Gasteiger partial charge in [-0.15, -0.1) is 0 Å². The summed E-state index contributed by atoms with van der Waals surface area (Å²) in [5.41, 5.74) is 10.1. The molecule has 67 heavy (non-hydrogen) atoms. The normalized spacial score (nSPS) is 10.7. The van der Waals surface area contributed by atoms with Gasteiger partial charge in [0.15, 0.2) is 0 Å². The van der Waals surface area contributed by atoms with Crippen LogP contribution in [0.15, 0.2) is 195 Å². The number of fused-ring (bicyclic) bond motifs is 4. The lowest BCUT2D eigenvalue weighted by molar-refractivity contribution is 0.0684. The van der Waals surface area contributed by atoms with Gasteiger partial charge in [0.1, 0.15) is 0 Å². The standard InChI is InChI=1S/C28H20N2O3.C22H14O4.C6H8N2/c31-27(30-17-18-6-5-15-29-16-18)23-13-11-19-7-1-3-9-21(19)25(23)26-22-10-4-2-8-20(22)12-14-24(26)28(32)33;23-21(24)17-11-9-13-5-1-3-7-15(13)19(17)20-16-8-4-2-6-14(16)10-12-18(20)22(25)26;7-4-6-2-1-3-8-5-6/h1-16H,17H2,(H,30,31)(H,32,33);1-12H,(H,23,24)(H,25,26);1-3,5H,4,7H2. The summed E-state index contributed by atoms with van der Waals surface area (Å²) in [6.45, 7) is 0.897. The quantitative estimate of drug-likeness (QED) is 0.0931. The number of carboxylic acids is 3. The van der Waals surface area contributed by atoms with Crippen LogP contribution in [0, 0.1) is 0 Å². The topological polar surface area (TPSA) is 193 Å². The van der Waals surface area contributed by atoms with Crippen LogP contribution in [0.4, 0.5) is 0 Å². The molecule has 0 aliphatic heterocycles. The summed E-state index contributed by atoms with van der Waals surface area (Å²) in [7, 11) is 0. The Bertz CT molecular complexity index is 3370. The molecule has 0 spiro atoms. The fraction of sp³-hybridized carbons (Fsp3) is 0.0357. The second-order valence-corrected chi connectivity index (χ2v) is 15.4. The molecule has 11 heteroatoms. The van der Waals surface area contributed by atoms with E-state index in [4.69, 9.17) is 5.73 Å². The van der Waals surface area contributed by atoms with Crippen molar-refractivity contribution in [2.45, 2.75) is 13.1 Å². The van der Waals surface area contributed by atoms with Crippen LogP contribution in [0.25, 0.3) is 65.3 Å². The fourth-order valence-electron chi connectivity index (χ4n) is 8.19. The monoisotopic (exact) mass is 882 g/mol. The van der Waals surface area contributed by atoms with Crippen molar-refractivity contribution in [3.8, 4) is 22.3 Å². The third-order valence-corrected chi connectivity index (χ3v) is 11.3. The van der Waals surface area contributed by atoms with E-state index in [0.29, 0.717) is 51.7 Å². The van der Waals surface area contributed by atoms with Crippen molar-refractivity contribution < 1.29 is 34.5 Å². The first kappa shape index (κ1) is 44.5. The maximum atomic E-state index is 13.4. The van der Waals surface area contributed by atoms with Crippen molar-refractivity contribution >= 4 is 66.9 Å². The number of amides is 1. The van der Waals surface area contributed by atoms with Gasteiger partial charge in [0.25, 0.3) is 5.91 Å². The number of aromatic nitrogens is 2. The number of nitrogens with one attached hydrogen (secondary N) is 1. The maximum absolute atomic E-state index is 13.4. The van der Waals surface area contributed by atoms with E-state index in [-0.39, 0.29) is 22.6 Å². The van der Waals surface area contributed by atoms with Gasteiger partial charge in [0.05, 0.1) is 16.7 Å². The molecule has 6 N–H and O–H groups in total. The molecule has 0 bridgehead atoms.